The molecule has 3 nitrogen and oxygen atoms in total. The zero-order valence-electron chi connectivity index (χ0n) is 14.8. The van der Waals surface area contributed by atoms with Crippen LogP contribution < -0.4 is 0 Å². The van der Waals surface area contributed by atoms with Crippen LogP contribution in [0, 0.1) is 28.6 Å². The van der Waals surface area contributed by atoms with Gasteiger partial charge in [0, 0.05) is 23.8 Å². The molecule has 1 unspecified atom stereocenters. The summed E-state index contributed by atoms with van der Waals surface area (Å²) >= 11 is 0. The molecule has 3 fully saturated rings. The Hall–Kier alpha value is -1.22. The number of carbonyl (C=O) groups excluding carboxylic acids is 2. The number of carbonyl (C=O) groups is 2. The average Bonchev–Trinajstić information content (AvgIpc) is 2.92. The predicted octanol–water partition coefficient (Wildman–Crippen LogP) is 3.62. The van der Waals surface area contributed by atoms with Gasteiger partial charge in [0.05, 0.1) is 0 Å². The van der Waals surface area contributed by atoms with Gasteiger partial charge in [0.25, 0.3) is 0 Å². The minimum atomic E-state index is -0.390. The van der Waals surface area contributed by atoms with Gasteiger partial charge in [0.15, 0.2) is 5.78 Å². The van der Waals surface area contributed by atoms with E-state index in [-0.39, 0.29) is 16.6 Å². The summed E-state index contributed by atoms with van der Waals surface area (Å²) < 4.78 is 0. The summed E-state index contributed by atoms with van der Waals surface area (Å²) in [6.45, 7) is 4.23. The Balaban J connectivity index is 1.64. The second kappa shape index (κ2) is 5.39. The van der Waals surface area contributed by atoms with Crippen molar-refractivity contribution in [2.75, 3.05) is 6.61 Å². The Morgan fingerprint density at radius 2 is 2.00 bits per heavy atom. The molecule has 4 aliphatic rings. The van der Waals surface area contributed by atoms with Crippen LogP contribution in [0.4, 0.5) is 0 Å². The van der Waals surface area contributed by atoms with Gasteiger partial charge < -0.3 is 5.11 Å². The molecule has 0 bridgehead atoms. The van der Waals surface area contributed by atoms with Gasteiger partial charge in [-0.05, 0) is 55.3 Å². The fourth-order valence-electron chi connectivity index (χ4n) is 6.53. The third-order valence-electron chi connectivity index (χ3n) is 7.97. The lowest BCUT2D eigenvalue weighted by molar-refractivity contribution is -0.131. The number of aliphatic hydroxyl groups excluding tert-OH is 1. The summed E-state index contributed by atoms with van der Waals surface area (Å²) in [6.07, 6.45) is 11.1. The molecule has 0 aromatic heterocycles. The monoisotopic (exact) mass is 328 g/mol. The van der Waals surface area contributed by atoms with Crippen molar-refractivity contribution in [1.29, 1.82) is 0 Å². The lowest BCUT2D eigenvalue weighted by Crippen LogP contribution is -2.51. The van der Waals surface area contributed by atoms with Crippen LogP contribution in [0.25, 0.3) is 0 Å². The molecule has 0 aromatic rings. The third kappa shape index (κ3) is 2.06. The second-order valence-electron chi connectivity index (χ2n) is 8.89. The van der Waals surface area contributed by atoms with Crippen molar-refractivity contribution in [3.63, 3.8) is 0 Å². The summed E-state index contributed by atoms with van der Waals surface area (Å²) in [5.74, 6) is 2.07. The lowest BCUT2D eigenvalue weighted by Gasteiger charge is -2.58. The van der Waals surface area contributed by atoms with Crippen molar-refractivity contribution >= 4 is 11.6 Å². The van der Waals surface area contributed by atoms with Crippen LogP contribution in [0.5, 0.6) is 0 Å². The van der Waals surface area contributed by atoms with Crippen molar-refractivity contribution in [3.05, 3.63) is 23.3 Å². The van der Waals surface area contributed by atoms with Crippen molar-refractivity contribution in [1.82, 2.24) is 0 Å². The van der Waals surface area contributed by atoms with Crippen molar-refractivity contribution < 1.29 is 14.7 Å². The molecule has 3 saturated carbocycles. The first-order chi connectivity index (χ1) is 11.4. The largest absolute Gasteiger partial charge is 0.388 e. The molecule has 130 valence electrons. The van der Waals surface area contributed by atoms with E-state index in [1.165, 1.54) is 5.57 Å². The number of hydrogen-bond acceptors (Lipinski definition) is 3. The predicted molar refractivity (Wildman–Crippen MR) is 92.3 cm³/mol. The van der Waals surface area contributed by atoms with E-state index < -0.39 is 6.61 Å². The van der Waals surface area contributed by atoms with E-state index in [4.69, 9.17) is 0 Å². The van der Waals surface area contributed by atoms with Gasteiger partial charge in [0.2, 0.25) is 0 Å². The summed E-state index contributed by atoms with van der Waals surface area (Å²) in [5, 5.41) is 9.31. The van der Waals surface area contributed by atoms with E-state index in [1.807, 2.05) is 6.08 Å². The fourth-order valence-corrected chi connectivity index (χ4v) is 6.53. The summed E-state index contributed by atoms with van der Waals surface area (Å²) in [4.78, 5) is 24.1. The molecule has 0 saturated heterocycles. The van der Waals surface area contributed by atoms with E-state index in [0.29, 0.717) is 23.5 Å². The van der Waals surface area contributed by atoms with Gasteiger partial charge in [0.1, 0.15) is 12.4 Å². The average molecular weight is 328 g/mol. The van der Waals surface area contributed by atoms with E-state index in [9.17, 15) is 14.7 Å². The van der Waals surface area contributed by atoms with Crippen LogP contribution in [-0.4, -0.2) is 23.3 Å². The minimum Gasteiger partial charge on any atom is -0.388 e. The standard InChI is InChI=1S/C21H28O3/c1-20-9-7-14(23)11-13(20)3-4-15-16-5-6-18(19(24)12-22)21(16,2)10-8-17(15)20/h5-6,13,15,17,22H,3-4,7-12H2,1-2H3/t13?,15-,17-,20-,21-/m0/s1. The molecule has 1 N–H and O–H groups in total. The highest BCUT2D eigenvalue weighted by molar-refractivity contribution is 5.99. The zero-order chi connectivity index (χ0) is 17.1. The number of allylic oxidation sites excluding steroid dienone is 3. The molecule has 4 aliphatic carbocycles. The van der Waals surface area contributed by atoms with Gasteiger partial charge in [-0.2, -0.15) is 0 Å². The van der Waals surface area contributed by atoms with Gasteiger partial charge in [-0.3, -0.25) is 9.59 Å². The first kappa shape index (κ1) is 16.3. The highest BCUT2D eigenvalue weighted by Gasteiger charge is 2.56. The molecule has 24 heavy (non-hydrogen) atoms. The van der Waals surface area contributed by atoms with Crippen LogP contribution in [0.3, 0.4) is 0 Å². The Bertz CT molecular complexity index is 658. The maximum absolute atomic E-state index is 12.2. The SMILES string of the molecule is C[C@]12CC[C@H]3[C@@H](CCC4CC(=O)CC[C@@]43C)C1=CC=C2C(=O)CO. The molecular weight excluding hydrogens is 300 g/mol. The van der Waals surface area contributed by atoms with Crippen LogP contribution in [0.1, 0.15) is 58.8 Å². The second-order valence-corrected chi connectivity index (χ2v) is 8.89. The fraction of sp³-hybridized carbons (Fsp3) is 0.714. The minimum absolute atomic E-state index is 0.120. The molecule has 0 radical (unpaired) electrons. The van der Waals surface area contributed by atoms with Gasteiger partial charge >= 0.3 is 0 Å². The molecule has 5 atom stereocenters. The summed E-state index contributed by atoms with van der Waals surface area (Å²) in [7, 11) is 0. The first-order valence-electron chi connectivity index (χ1n) is 9.49. The van der Waals surface area contributed by atoms with Gasteiger partial charge in [-0.1, -0.05) is 31.6 Å². The van der Waals surface area contributed by atoms with Gasteiger partial charge in [-0.15, -0.1) is 0 Å². The Labute approximate surface area is 144 Å². The van der Waals surface area contributed by atoms with Crippen LogP contribution in [0.2, 0.25) is 0 Å². The molecule has 0 heterocycles. The molecule has 4 rings (SSSR count). The molecule has 0 aliphatic heterocycles. The van der Waals surface area contributed by atoms with Crippen LogP contribution >= 0.6 is 0 Å². The maximum atomic E-state index is 12.2. The molecule has 0 amide bonds. The van der Waals surface area contributed by atoms with E-state index in [1.54, 1.807) is 0 Å². The number of fused-ring (bicyclic) bond motifs is 5. The van der Waals surface area contributed by atoms with E-state index >= 15 is 0 Å². The lowest BCUT2D eigenvalue weighted by atomic mass is 9.46. The van der Waals surface area contributed by atoms with Crippen molar-refractivity contribution in [2.45, 2.75) is 58.8 Å². The number of rotatable bonds is 2. The molecule has 0 aromatic carbocycles. The summed E-state index contributed by atoms with van der Waals surface area (Å²) in [6, 6.07) is 0. The van der Waals surface area contributed by atoms with Crippen LogP contribution in [-0.2, 0) is 9.59 Å². The Morgan fingerprint density at radius 1 is 1.21 bits per heavy atom. The summed E-state index contributed by atoms with van der Waals surface area (Å²) in [5.41, 5.74) is 2.34. The highest BCUT2D eigenvalue weighted by atomic mass is 16.3. The number of ketones is 2. The number of aliphatic hydroxyl groups is 1. The Morgan fingerprint density at radius 3 is 2.75 bits per heavy atom. The first-order valence-corrected chi connectivity index (χ1v) is 9.49. The van der Waals surface area contributed by atoms with E-state index in [2.05, 4.69) is 19.9 Å². The van der Waals surface area contributed by atoms with Crippen molar-refractivity contribution in [3.8, 4) is 0 Å². The van der Waals surface area contributed by atoms with E-state index in [0.717, 1.165) is 50.5 Å². The topological polar surface area (TPSA) is 54.4 Å². The molecular formula is C21H28O3. The van der Waals surface area contributed by atoms with Crippen LogP contribution in [0.15, 0.2) is 23.3 Å². The normalized spacial score (nSPS) is 44.1. The van der Waals surface area contributed by atoms with Gasteiger partial charge in [-0.25, -0.2) is 0 Å². The maximum Gasteiger partial charge on any atom is 0.185 e. The molecule has 0 spiro atoms. The quantitative estimate of drug-likeness (QED) is 0.842. The number of hydrogen-bond donors (Lipinski definition) is 1. The highest BCUT2D eigenvalue weighted by Crippen LogP contribution is 2.64. The smallest absolute Gasteiger partial charge is 0.185 e. The zero-order valence-corrected chi connectivity index (χ0v) is 14.8. The third-order valence-corrected chi connectivity index (χ3v) is 7.97. The molecule has 3 heteroatoms. The van der Waals surface area contributed by atoms with Crippen molar-refractivity contribution in [2.24, 2.45) is 28.6 Å². The number of Topliss-reactive ketones (excluding diaryl/α,β-unsaturated/α-hetero) is 2. The Kier molecular flexibility index (Phi) is 3.65.